The molecule has 1 rings (SSSR count). The quantitative estimate of drug-likeness (QED) is 0.673. The molecule has 0 amide bonds. The van der Waals surface area contributed by atoms with Crippen molar-refractivity contribution in [1.82, 2.24) is 0 Å². The number of phenols is 2. The predicted molar refractivity (Wildman–Crippen MR) is 56.1 cm³/mol. The summed E-state index contributed by atoms with van der Waals surface area (Å²) in [5.74, 6) is -2.46. The molecular weight excluding hydrogens is 269 g/mol. The number of phenolic OH excluding ortho intramolecular Hbond substituents is 2. The predicted octanol–water partition coefficient (Wildman–Crippen LogP) is 1.38. The Bertz CT molecular complexity index is 373. The molecule has 4 nitrogen and oxygen atoms in total. The van der Waals surface area contributed by atoms with Gasteiger partial charge in [-0.25, -0.2) is 0 Å². The molecule has 0 fully saturated rings. The van der Waals surface area contributed by atoms with E-state index in [1.54, 1.807) is 0 Å². The minimum Gasteiger partial charge on any atom is -0.504 e. The van der Waals surface area contributed by atoms with Gasteiger partial charge >= 0.3 is 0 Å². The molecule has 0 saturated carbocycles. The average Bonchev–Trinajstić information content (AvgIpc) is 2.20. The fraction of sp³-hybridized carbons (Fsp3) is 0.333. The summed E-state index contributed by atoms with van der Waals surface area (Å²) in [5.41, 5.74) is 5.75. The third kappa shape index (κ3) is 2.39. The fourth-order valence-corrected chi connectivity index (χ4v) is 1.61. The molecular formula is C9H11BrFNO3. The molecule has 0 radical (unpaired) electrons. The first-order valence-electron chi connectivity index (χ1n) is 4.25. The van der Waals surface area contributed by atoms with Gasteiger partial charge in [-0.3, -0.25) is 0 Å². The summed E-state index contributed by atoms with van der Waals surface area (Å²) in [6.45, 7) is -0.166. The largest absolute Gasteiger partial charge is 0.504 e. The first kappa shape index (κ1) is 12.2. The molecule has 1 unspecified atom stereocenters. The van der Waals surface area contributed by atoms with E-state index in [4.69, 9.17) is 15.9 Å². The van der Waals surface area contributed by atoms with Crippen LogP contribution in [-0.2, 0) is 0 Å². The Morgan fingerprint density at radius 1 is 1.40 bits per heavy atom. The molecule has 0 aromatic heterocycles. The van der Waals surface area contributed by atoms with E-state index in [2.05, 4.69) is 15.9 Å². The second kappa shape index (κ2) is 4.78. The topological polar surface area (TPSA) is 86.7 Å². The van der Waals surface area contributed by atoms with Crippen molar-refractivity contribution >= 4 is 15.9 Å². The highest BCUT2D eigenvalue weighted by Gasteiger charge is 2.19. The van der Waals surface area contributed by atoms with Crippen molar-refractivity contribution in [2.24, 2.45) is 5.73 Å². The van der Waals surface area contributed by atoms with E-state index >= 15 is 0 Å². The van der Waals surface area contributed by atoms with Gasteiger partial charge in [0.1, 0.15) is 0 Å². The van der Waals surface area contributed by atoms with Crippen molar-refractivity contribution in [1.29, 1.82) is 0 Å². The zero-order chi connectivity index (χ0) is 11.6. The number of hydrogen-bond acceptors (Lipinski definition) is 4. The molecule has 1 aromatic carbocycles. The number of aliphatic hydroxyl groups is 1. The molecule has 0 heterocycles. The van der Waals surface area contributed by atoms with Crippen molar-refractivity contribution < 1.29 is 19.7 Å². The van der Waals surface area contributed by atoms with Crippen LogP contribution in [0.5, 0.6) is 11.5 Å². The molecule has 6 heteroatoms. The monoisotopic (exact) mass is 279 g/mol. The number of rotatable bonds is 3. The van der Waals surface area contributed by atoms with E-state index in [0.717, 1.165) is 0 Å². The van der Waals surface area contributed by atoms with Gasteiger partial charge < -0.3 is 21.1 Å². The van der Waals surface area contributed by atoms with Crippen molar-refractivity contribution in [3.63, 3.8) is 0 Å². The summed E-state index contributed by atoms with van der Waals surface area (Å²) in [4.78, 5) is 0. The van der Waals surface area contributed by atoms with Gasteiger partial charge in [-0.15, -0.1) is 0 Å². The molecule has 0 saturated heterocycles. The van der Waals surface area contributed by atoms with Gasteiger partial charge in [-0.2, -0.15) is 4.39 Å². The van der Waals surface area contributed by atoms with Gasteiger partial charge in [-0.1, -0.05) is 0 Å². The highest BCUT2D eigenvalue weighted by atomic mass is 79.9. The van der Waals surface area contributed by atoms with Crippen LogP contribution in [0.4, 0.5) is 4.39 Å². The lowest BCUT2D eigenvalue weighted by atomic mass is 10.0. The Morgan fingerprint density at radius 3 is 2.53 bits per heavy atom. The van der Waals surface area contributed by atoms with Crippen molar-refractivity contribution in [2.45, 2.75) is 12.5 Å². The molecule has 1 atom stereocenters. The van der Waals surface area contributed by atoms with E-state index in [-0.39, 0.29) is 23.1 Å². The van der Waals surface area contributed by atoms with Crippen molar-refractivity contribution in [3.8, 4) is 11.5 Å². The van der Waals surface area contributed by atoms with Gasteiger partial charge in [0.05, 0.1) is 4.47 Å². The highest BCUT2D eigenvalue weighted by molar-refractivity contribution is 9.10. The zero-order valence-electron chi connectivity index (χ0n) is 7.74. The Labute approximate surface area is 94.3 Å². The summed E-state index contributed by atoms with van der Waals surface area (Å²) in [6.07, 6.45) is 0.199. The second-order valence-electron chi connectivity index (χ2n) is 3.08. The summed E-state index contributed by atoms with van der Waals surface area (Å²) >= 11 is 2.93. The van der Waals surface area contributed by atoms with Gasteiger partial charge in [0, 0.05) is 18.2 Å². The molecule has 0 aliphatic carbocycles. The first-order valence-corrected chi connectivity index (χ1v) is 5.04. The van der Waals surface area contributed by atoms with E-state index in [0.29, 0.717) is 0 Å². The number of aliphatic hydroxyl groups excluding tert-OH is 1. The van der Waals surface area contributed by atoms with Crippen LogP contribution in [0.25, 0.3) is 0 Å². The highest BCUT2D eigenvalue weighted by Crippen LogP contribution is 2.38. The summed E-state index contributed by atoms with van der Waals surface area (Å²) in [5, 5.41) is 27.2. The lowest BCUT2D eigenvalue weighted by Gasteiger charge is -2.14. The average molecular weight is 280 g/mol. The van der Waals surface area contributed by atoms with Crippen LogP contribution >= 0.6 is 15.9 Å². The number of halogens is 2. The van der Waals surface area contributed by atoms with Gasteiger partial charge in [0.2, 0.25) is 5.82 Å². The minimum absolute atomic E-state index is 0.112. The third-order valence-corrected chi connectivity index (χ3v) is 2.64. The Balaban J connectivity index is 3.19. The number of hydrogen-bond donors (Lipinski definition) is 4. The van der Waals surface area contributed by atoms with Gasteiger partial charge in [0.25, 0.3) is 0 Å². The van der Waals surface area contributed by atoms with Crippen LogP contribution in [0.2, 0.25) is 0 Å². The van der Waals surface area contributed by atoms with E-state index in [9.17, 15) is 9.50 Å². The fourth-order valence-electron chi connectivity index (χ4n) is 1.19. The number of nitrogens with two attached hydrogens (primary N) is 1. The lowest BCUT2D eigenvalue weighted by Crippen LogP contribution is -2.12. The zero-order valence-corrected chi connectivity index (χ0v) is 9.33. The van der Waals surface area contributed by atoms with Gasteiger partial charge in [-0.05, 0) is 28.4 Å². The van der Waals surface area contributed by atoms with Crippen LogP contribution in [0.3, 0.4) is 0 Å². The SMILES string of the molecule is NC(CCO)c1cc(Br)c(O)c(F)c1O. The molecule has 0 aliphatic heterocycles. The maximum atomic E-state index is 13.2. The minimum atomic E-state index is -1.12. The summed E-state index contributed by atoms with van der Waals surface area (Å²) < 4.78 is 13.3. The number of aromatic hydroxyl groups is 2. The van der Waals surface area contributed by atoms with Crippen molar-refractivity contribution in [3.05, 3.63) is 21.9 Å². The van der Waals surface area contributed by atoms with Crippen LogP contribution in [0.15, 0.2) is 10.5 Å². The third-order valence-electron chi connectivity index (χ3n) is 2.04. The molecule has 5 N–H and O–H groups in total. The maximum absolute atomic E-state index is 13.2. The lowest BCUT2D eigenvalue weighted by molar-refractivity contribution is 0.274. The summed E-state index contributed by atoms with van der Waals surface area (Å²) in [6, 6.07) is 0.648. The molecule has 0 aliphatic rings. The Kier molecular flexibility index (Phi) is 3.90. The molecule has 0 spiro atoms. The number of benzene rings is 1. The van der Waals surface area contributed by atoms with Crippen LogP contribution in [0, 0.1) is 5.82 Å². The summed E-state index contributed by atoms with van der Waals surface area (Å²) in [7, 11) is 0. The molecule has 0 bridgehead atoms. The van der Waals surface area contributed by atoms with Crippen LogP contribution in [0.1, 0.15) is 18.0 Å². The smallest absolute Gasteiger partial charge is 0.207 e. The molecule has 15 heavy (non-hydrogen) atoms. The molecule has 1 aromatic rings. The Hall–Kier alpha value is -0.850. The van der Waals surface area contributed by atoms with Crippen LogP contribution in [-0.4, -0.2) is 21.9 Å². The first-order chi connectivity index (χ1) is 6.99. The standard InChI is InChI=1S/C9H11BrFNO3/c10-5-3-4(6(12)1-2-13)8(14)7(11)9(5)15/h3,6,13-15H,1-2,12H2. The van der Waals surface area contributed by atoms with E-state index in [1.165, 1.54) is 6.07 Å². The molecule has 84 valence electrons. The van der Waals surface area contributed by atoms with E-state index < -0.39 is 23.4 Å². The van der Waals surface area contributed by atoms with Gasteiger partial charge in [0.15, 0.2) is 11.5 Å². The maximum Gasteiger partial charge on any atom is 0.207 e. The van der Waals surface area contributed by atoms with E-state index in [1.807, 2.05) is 0 Å². The van der Waals surface area contributed by atoms with Crippen molar-refractivity contribution in [2.75, 3.05) is 6.61 Å². The Morgan fingerprint density at radius 2 is 2.00 bits per heavy atom. The van der Waals surface area contributed by atoms with Crippen LogP contribution < -0.4 is 5.73 Å². The normalized spacial score (nSPS) is 12.8. The second-order valence-corrected chi connectivity index (χ2v) is 3.93.